The van der Waals surface area contributed by atoms with Gasteiger partial charge in [0.2, 0.25) is 0 Å². The molecule has 9 heteroatoms. The van der Waals surface area contributed by atoms with Crippen molar-refractivity contribution in [3.63, 3.8) is 0 Å². The van der Waals surface area contributed by atoms with Crippen molar-refractivity contribution >= 4 is 17.9 Å². The van der Waals surface area contributed by atoms with Crippen LogP contribution in [0.15, 0.2) is 0 Å². The molecule has 1 rings (SSSR count). The number of nitrogens with one attached hydrogen (secondary N) is 2. The maximum Gasteiger partial charge on any atom is 0.358 e. The van der Waals surface area contributed by atoms with E-state index < -0.39 is 23.9 Å². The molecule has 3 amide bonds. The van der Waals surface area contributed by atoms with Gasteiger partial charge in [-0.1, -0.05) is 18.6 Å². The summed E-state index contributed by atoms with van der Waals surface area (Å²) < 4.78 is 1.24. The molecule has 9 nitrogen and oxygen atoms in total. The van der Waals surface area contributed by atoms with E-state index in [0.29, 0.717) is 25.1 Å². The highest BCUT2D eigenvalue weighted by molar-refractivity contribution is 5.96. The van der Waals surface area contributed by atoms with E-state index in [1.54, 1.807) is 6.92 Å². The van der Waals surface area contributed by atoms with Gasteiger partial charge in [-0.25, -0.2) is 14.3 Å². The Bertz CT molecular complexity index is 540. The number of urea groups is 1. The van der Waals surface area contributed by atoms with Crippen LogP contribution in [0.2, 0.25) is 0 Å². The Balaban J connectivity index is 2.96. The molecule has 0 aliphatic heterocycles. The number of amides is 3. The summed E-state index contributed by atoms with van der Waals surface area (Å²) in [5, 5.41) is 21.0. The number of carboxylic acids is 1. The molecule has 3 N–H and O–H groups in total. The van der Waals surface area contributed by atoms with E-state index >= 15 is 0 Å². The lowest BCUT2D eigenvalue weighted by molar-refractivity contribution is -0.123. The van der Waals surface area contributed by atoms with Gasteiger partial charge in [0.1, 0.15) is 6.04 Å². The molecule has 0 aliphatic rings. The lowest BCUT2D eigenvalue weighted by Crippen LogP contribution is -2.42. The minimum Gasteiger partial charge on any atom is -0.476 e. The Morgan fingerprint density at radius 2 is 2.00 bits per heavy atom. The molecule has 116 valence electrons. The molecule has 0 radical (unpaired) electrons. The van der Waals surface area contributed by atoms with Crippen molar-refractivity contribution < 1.29 is 19.5 Å². The normalized spacial score (nSPS) is 11.8. The van der Waals surface area contributed by atoms with Crippen LogP contribution in [0.5, 0.6) is 0 Å². The molecule has 1 heterocycles. The molecule has 1 aromatic heterocycles. The number of nitrogens with zero attached hydrogens (tertiary/aromatic N) is 3. The number of carbonyl (C=O) groups excluding carboxylic acids is 2. The van der Waals surface area contributed by atoms with Gasteiger partial charge < -0.3 is 10.4 Å². The predicted octanol–water partition coefficient (Wildman–Crippen LogP) is 0.336. The topological polar surface area (TPSA) is 126 Å². The predicted molar refractivity (Wildman–Crippen MR) is 72.9 cm³/mol. The molecule has 1 aromatic rings. The van der Waals surface area contributed by atoms with Crippen LogP contribution >= 0.6 is 0 Å². The first-order valence-corrected chi connectivity index (χ1v) is 6.68. The van der Waals surface area contributed by atoms with Crippen molar-refractivity contribution in [3.8, 4) is 0 Å². The molecule has 0 fully saturated rings. The summed E-state index contributed by atoms with van der Waals surface area (Å²) in [7, 11) is 0. The van der Waals surface area contributed by atoms with E-state index in [9.17, 15) is 14.4 Å². The quantitative estimate of drug-likeness (QED) is 0.694. The van der Waals surface area contributed by atoms with Crippen LogP contribution in [-0.4, -0.2) is 44.6 Å². The van der Waals surface area contributed by atoms with Crippen LogP contribution < -0.4 is 10.6 Å². The van der Waals surface area contributed by atoms with Crippen molar-refractivity contribution in [2.45, 2.75) is 39.7 Å². The van der Waals surface area contributed by atoms with Crippen LogP contribution in [-0.2, 0) is 11.2 Å². The summed E-state index contributed by atoms with van der Waals surface area (Å²) >= 11 is 0. The molecule has 1 unspecified atom stereocenters. The minimum atomic E-state index is -1.19. The highest BCUT2D eigenvalue weighted by Gasteiger charge is 2.25. The van der Waals surface area contributed by atoms with E-state index in [4.69, 9.17) is 5.11 Å². The standard InChI is InChI=1S/C12H19N5O4/c1-4-6-8-9(11(19)20)15-16-17(8)7(3)10(18)14-12(21)13-5-2/h7H,4-6H2,1-3H3,(H,19,20)(H2,13,14,18,21). The van der Waals surface area contributed by atoms with Crippen molar-refractivity contribution in [3.05, 3.63) is 11.4 Å². The SMILES string of the molecule is CCCc1c(C(=O)O)nnn1C(C)C(=O)NC(=O)NCC. The van der Waals surface area contributed by atoms with E-state index in [1.807, 2.05) is 6.92 Å². The number of rotatable bonds is 6. The molecular formula is C12H19N5O4. The van der Waals surface area contributed by atoms with Crippen LogP contribution in [0.4, 0.5) is 4.79 Å². The zero-order chi connectivity index (χ0) is 16.0. The van der Waals surface area contributed by atoms with Gasteiger partial charge in [-0.3, -0.25) is 10.1 Å². The first-order valence-electron chi connectivity index (χ1n) is 6.68. The van der Waals surface area contributed by atoms with Crippen LogP contribution in [0.3, 0.4) is 0 Å². The Morgan fingerprint density at radius 3 is 2.52 bits per heavy atom. The third kappa shape index (κ3) is 4.01. The average Bonchev–Trinajstić information content (AvgIpc) is 2.82. The summed E-state index contributed by atoms with van der Waals surface area (Å²) in [6.45, 7) is 5.51. The first-order chi connectivity index (χ1) is 9.92. The highest BCUT2D eigenvalue weighted by Crippen LogP contribution is 2.14. The second kappa shape index (κ2) is 7.36. The fourth-order valence-corrected chi connectivity index (χ4v) is 1.79. The van der Waals surface area contributed by atoms with E-state index in [1.165, 1.54) is 11.6 Å². The third-order valence-corrected chi connectivity index (χ3v) is 2.80. The monoisotopic (exact) mass is 297 g/mol. The summed E-state index contributed by atoms with van der Waals surface area (Å²) in [6, 6.07) is -1.44. The van der Waals surface area contributed by atoms with E-state index in [-0.39, 0.29) is 5.69 Å². The Hall–Kier alpha value is -2.45. The van der Waals surface area contributed by atoms with Crippen molar-refractivity contribution in [1.29, 1.82) is 0 Å². The maximum absolute atomic E-state index is 12.0. The van der Waals surface area contributed by atoms with Gasteiger partial charge in [0.05, 0.1) is 5.69 Å². The number of imide groups is 1. The molecule has 0 bridgehead atoms. The van der Waals surface area contributed by atoms with Gasteiger partial charge in [0.25, 0.3) is 5.91 Å². The summed E-state index contributed by atoms with van der Waals surface area (Å²) in [5.74, 6) is -1.78. The number of aromatic carboxylic acids is 1. The maximum atomic E-state index is 12.0. The number of aromatic nitrogens is 3. The first kappa shape index (κ1) is 16.6. The van der Waals surface area contributed by atoms with Gasteiger partial charge >= 0.3 is 12.0 Å². The van der Waals surface area contributed by atoms with Crippen LogP contribution in [0.25, 0.3) is 0 Å². The Kier molecular flexibility index (Phi) is 5.82. The molecule has 0 saturated carbocycles. The molecule has 1 atom stereocenters. The van der Waals surface area contributed by atoms with Gasteiger partial charge in [-0.05, 0) is 20.3 Å². The van der Waals surface area contributed by atoms with Gasteiger partial charge in [0, 0.05) is 6.54 Å². The smallest absolute Gasteiger partial charge is 0.358 e. The largest absolute Gasteiger partial charge is 0.476 e. The molecule has 0 aromatic carbocycles. The third-order valence-electron chi connectivity index (χ3n) is 2.80. The van der Waals surface area contributed by atoms with Gasteiger partial charge in [-0.15, -0.1) is 5.10 Å². The fraction of sp³-hybridized carbons (Fsp3) is 0.583. The van der Waals surface area contributed by atoms with Gasteiger partial charge in [0.15, 0.2) is 5.69 Å². The van der Waals surface area contributed by atoms with Crippen molar-refractivity contribution in [2.75, 3.05) is 6.54 Å². The van der Waals surface area contributed by atoms with E-state index in [2.05, 4.69) is 20.9 Å². The number of carboxylic acid groups (broad SMARTS) is 1. The minimum absolute atomic E-state index is 0.172. The summed E-state index contributed by atoms with van der Waals surface area (Å²) in [5.41, 5.74) is 0.193. The number of hydrogen-bond acceptors (Lipinski definition) is 5. The van der Waals surface area contributed by atoms with Crippen LogP contribution in [0.1, 0.15) is 49.4 Å². The summed E-state index contributed by atoms with van der Waals surface area (Å²) in [6.07, 6.45) is 1.10. The highest BCUT2D eigenvalue weighted by atomic mass is 16.4. The molecule has 21 heavy (non-hydrogen) atoms. The van der Waals surface area contributed by atoms with Crippen molar-refractivity contribution in [1.82, 2.24) is 25.6 Å². The second-order valence-electron chi connectivity index (χ2n) is 4.41. The lowest BCUT2D eigenvalue weighted by atomic mass is 10.2. The van der Waals surface area contributed by atoms with Crippen molar-refractivity contribution in [2.24, 2.45) is 0 Å². The number of carbonyl (C=O) groups is 3. The molecule has 0 aliphatic carbocycles. The summed E-state index contributed by atoms with van der Waals surface area (Å²) in [4.78, 5) is 34.4. The fourth-order valence-electron chi connectivity index (χ4n) is 1.79. The van der Waals surface area contributed by atoms with E-state index in [0.717, 1.165) is 0 Å². The second-order valence-corrected chi connectivity index (χ2v) is 4.41. The zero-order valence-electron chi connectivity index (χ0n) is 12.2. The molecule has 0 spiro atoms. The Morgan fingerprint density at radius 1 is 1.33 bits per heavy atom. The lowest BCUT2D eigenvalue weighted by Gasteiger charge is -2.14. The molecule has 0 saturated heterocycles. The average molecular weight is 297 g/mol. The Labute approximate surface area is 121 Å². The zero-order valence-corrected chi connectivity index (χ0v) is 12.2. The molecular weight excluding hydrogens is 278 g/mol. The van der Waals surface area contributed by atoms with Gasteiger partial charge in [-0.2, -0.15) is 0 Å². The number of hydrogen-bond donors (Lipinski definition) is 3. The van der Waals surface area contributed by atoms with Crippen LogP contribution in [0, 0.1) is 0 Å².